The van der Waals surface area contributed by atoms with Crippen LogP contribution in [0.1, 0.15) is 32.1 Å². The molecule has 2 atom stereocenters. The van der Waals surface area contributed by atoms with Crippen molar-refractivity contribution in [2.75, 3.05) is 33.7 Å². The zero-order valence-corrected chi connectivity index (χ0v) is 9.68. The van der Waals surface area contributed by atoms with Gasteiger partial charge in [-0.3, -0.25) is 0 Å². The lowest BCUT2D eigenvalue weighted by Gasteiger charge is -2.15. The van der Waals surface area contributed by atoms with Crippen molar-refractivity contribution in [3.8, 4) is 0 Å². The third-order valence-corrected chi connectivity index (χ3v) is 4.31. The molecule has 2 rings (SSSR count). The standard InChI is InChI=1S/C12H24N2/c1-13-7-4-11-10-12(11)5-3-8-14(2)9-6-12/h11,13H,3-10H2,1-2H3. The van der Waals surface area contributed by atoms with Gasteiger partial charge in [0.15, 0.2) is 0 Å². The van der Waals surface area contributed by atoms with Gasteiger partial charge in [-0.15, -0.1) is 0 Å². The smallest absolute Gasteiger partial charge is 0.00164 e. The predicted molar refractivity (Wildman–Crippen MR) is 60.4 cm³/mol. The van der Waals surface area contributed by atoms with Crippen LogP contribution in [0.2, 0.25) is 0 Å². The van der Waals surface area contributed by atoms with E-state index in [1.807, 2.05) is 0 Å². The summed E-state index contributed by atoms with van der Waals surface area (Å²) in [6.45, 7) is 3.86. The van der Waals surface area contributed by atoms with Crippen LogP contribution in [-0.4, -0.2) is 38.6 Å². The zero-order chi connectivity index (χ0) is 10.0. The van der Waals surface area contributed by atoms with Gasteiger partial charge in [0.2, 0.25) is 0 Å². The van der Waals surface area contributed by atoms with E-state index in [1.165, 1.54) is 51.7 Å². The second kappa shape index (κ2) is 4.19. The average molecular weight is 196 g/mol. The first-order chi connectivity index (χ1) is 6.77. The Hall–Kier alpha value is -0.0800. The summed E-state index contributed by atoms with van der Waals surface area (Å²) >= 11 is 0. The molecule has 82 valence electrons. The molecule has 0 radical (unpaired) electrons. The molecular weight excluding hydrogens is 172 g/mol. The third-order valence-electron chi connectivity index (χ3n) is 4.31. The van der Waals surface area contributed by atoms with Crippen LogP contribution in [0.4, 0.5) is 0 Å². The van der Waals surface area contributed by atoms with Crippen LogP contribution in [0.15, 0.2) is 0 Å². The third kappa shape index (κ3) is 2.12. The number of likely N-dealkylation sites (tertiary alicyclic amines) is 1. The van der Waals surface area contributed by atoms with Crippen molar-refractivity contribution in [1.29, 1.82) is 0 Å². The van der Waals surface area contributed by atoms with Gasteiger partial charge in [0.1, 0.15) is 0 Å². The highest BCUT2D eigenvalue weighted by atomic mass is 15.1. The fraction of sp³-hybridized carbons (Fsp3) is 1.00. The molecule has 1 N–H and O–H groups in total. The van der Waals surface area contributed by atoms with E-state index < -0.39 is 0 Å². The Morgan fingerprint density at radius 3 is 3.00 bits per heavy atom. The predicted octanol–water partition coefficient (Wildman–Crippen LogP) is 1.72. The first-order valence-electron chi connectivity index (χ1n) is 6.10. The molecule has 2 unspecified atom stereocenters. The maximum Gasteiger partial charge on any atom is -0.00164 e. The molecule has 0 aromatic heterocycles. The van der Waals surface area contributed by atoms with Gasteiger partial charge >= 0.3 is 0 Å². The van der Waals surface area contributed by atoms with Crippen molar-refractivity contribution < 1.29 is 0 Å². The van der Waals surface area contributed by atoms with Gasteiger partial charge < -0.3 is 10.2 Å². The number of nitrogens with one attached hydrogen (secondary N) is 1. The molecule has 2 nitrogen and oxygen atoms in total. The minimum Gasteiger partial charge on any atom is -0.320 e. The van der Waals surface area contributed by atoms with Crippen LogP contribution in [0.5, 0.6) is 0 Å². The van der Waals surface area contributed by atoms with Crippen molar-refractivity contribution >= 4 is 0 Å². The van der Waals surface area contributed by atoms with Crippen molar-refractivity contribution in [2.45, 2.75) is 32.1 Å². The summed E-state index contributed by atoms with van der Waals surface area (Å²) in [6.07, 6.45) is 7.29. The lowest BCUT2D eigenvalue weighted by Crippen LogP contribution is -2.19. The van der Waals surface area contributed by atoms with Crippen LogP contribution in [-0.2, 0) is 0 Å². The molecule has 2 aliphatic rings. The molecule has 0 aromatic rings. The molecule has 2 fully saturated rings. The van der Waals surface area contributed by atoms with E-state index in [9.17, 15) is 0 Å². The molecule has 0 aromatic carbocycles. The van der Waals surface area contributed by atoms with Gasteiger partial charge in [0.25, 0.3) is 0 Å². The summed E-state index contributed by atoms with van der Waals surface area (Å²) in [6, 6.07) is 0. The van der Waals surface area contributed by atoms with Crippen molar-refractivity contribution in [3.63, 3.8) is 0 Å². The van der Waals surface area contributed by atoms with E-state index in [1.54, 1.807) is 0 Å². The lowest BCUT2D eigenvalue weighted by molar-refractivity contribution is 0.329. The second-order valence-corrected chi connectivity index (χ2v) is 5.31. The first-order valence-corrected chi connectivity index (χ1v) is 6.10. The number of nitrogens with zero attached hydrogens (tertiary/aromatic N) is 1. The van der Waals surface area contributed by atoms with Crippen molar-refractivity contribution in [2.24, 2.45) is 11.3 Å². The highest BCUT2D eigenvalue weighted by Crippen LogP contribution is 2.60. The van der Waals surface area contributed by atoms with Crippen LogP contribution >= 0.6 is 0 Å². The van der Waals surface area contributed by atoms with Crippen molar-refractivity contribution in [3.05, 3.63) is 0 Å². The Kier molecular flexibility index (Phi) is 3.13. The maximum absolute atomic E-state index is 3.28. The highest BCUT2D eigenvalue weighted by molar-refractivity contribution is 5.03. The van der Waals surface area contributed by atoms with Gasteiger partial charge in [-0.05, 0) is 77.2 Å². The van der Waals surface area contributed by atoms with Gasteiger partial charge in [0, 0.05) is 0 Å². The Morgan fingerprint density at radius 2 is 2.21 bits per heavy atom. The summed E-state index contributed by atoms with van der Waals surface area (Å²) in [5, 5.41) is 3.28. The van der Waals surface area contributed by atoms with E-state index >= 15 is 0 Å². The topological polar surface area (TPSA) is 15.3 Å². The van der Waals surface area contributed by atoms with Gasteiger partial charge in [-0.1, -0.05) is 0 Å². The molecule has 1 heterocycles. The fourth-order valence-electron chi connectivity index (χ4n) is 3.12. The Bertz CT molecular complexity index is 193. The number of hydrogen-bond acceptors (Lipinski definition) is 2. The summed E-state index contributed by atoms with van der Waals surface area (Å²) in [5.41, 5.74) is 0.779. The first kappa shape index (κ1) is 10.4. The highest BCUT2D eigenvalue weighted by Gasteiger charge is 2.52. The quantitative estimate of drug-likeness (QED) is 0.739. The van der Waals surface area contributed by atoms with Crippen LogP contribution in [0, 0.1) is 11.3 Å². The minimum atomic E-state index is 0.779. The zero-order valence-electron chi connectivity index (χ0n) is 9.68. The molecule has 14 heavy (non-hydrogen) atoms. The van der Waals surface area contributed by atoms with Crippen molar-refractivity contribution in [1.82, 2.24) is 10.2 Å². The summed E-state index contributed by atoms with van der Waals surface area (Å²) in [7, 11) is 4.33. The normalized spacial score (nSPS) is 38.6. The van der Waals surface area contributed by atoms with Gasteiger partial charge in [-0.2, -0.15) is 0 Å². The second-order valence-electron chi connectivity index (χ2n) is 5.31. The molecule has 1 saturated heterocycles. The Labute approximate surface area is 88.1 Å². The van der Waals surface area contributed by atoms with Gasteiger partial charge in [0.05, 0.1) is 0 Å². The fourth-order valence-corrected chi connectivity index (χ4v) is 3.12. The molecule has 1 saturated carbocycles. The molecule has 1 aliphatic heterocycles. The van der Waals surface area contributed by atoms with E-state index in [2.05, 4.69) is 24.3 Å². The minimum absolute atomic E-state index is 0.779. The Balaban J connectivity index is 1.80. The van der Waals surface area contributed by atoms with Crippen LogP contribution in [0.25, 0.3) is 0 Å². The summed E-state index contributed by atoms with van der Waals surface area (Å²) in [5.74, 6) is 1.04. The van der Waals surface area contributed by atoms with E-state index in [-0.39, 0.29) is 0 Å². The monoisotopic (exact) mass is 196 g/mol. The van der Waals surface area contributed by atoms with Crippen LogP contribution in [0.3, 0.4) is 0 Å². The molecule has 1 aliphatic carbocycles. The Morgan fingerprint density at radius 1 is 1.36 bits per heavy atom. The number of rotatable bonds is 3. The van der Waals surface area contributed by atoms with E-state index in [0.717, 1.165) is 11.3 Å². The number of hydrogen-bond donors (Lipinski definition) is 1. The molecule has 2 heteroatoms. The summed E-state index contributed by atoms with van der Waals surface area (Å²) in [4.78, 5) is 2.50. The molecule has 1 spiro atoms. The van der Waals surface area contributed by atoms with Crippen LogP contribution < -0.4 is 5.32 Å². The maximum atomic E-state index is 3.28. The molecule has 0 bridgehead atoms. The molecule has 0 amide bonds. The average Bonchev–Trinajstić information content (AvgIpc) is 2.89. The summed E-state index contributed by atoms with van der Waals surface area (Å²) < 4.78 is 0. The molecular formula is C12H24N2. The SMILES string of the molecule is CNCCC1CC12CCCN(C)CC2. The van der Waals surface area contributed by atoms with E-state index in [0.29, 0.717) is 0 Å². The van der Waals surface area contributed by atoms with Gasteiger partial charge in [-0.25, -0.2) is 0 Å². The van der Waals surface area contributed by atoms with E-state index in [4.69, 9.17) is 0 Å². The largest absolute Gasteiger partial charge is 0.320 e. The lowest BCUT2D eigenvalue weighted by atomic mass is 9.93.